The van der Waals surface area contributed by atoms with Gasteiger partial charge in [-0.25, -0.2) is 8.42 Å². The smallest absolute Gasteiger partial charge is 0.223 e. The minimum Gasteiger partial charge on any atom is -0.355 e. The van der Waals surface area contributed by atoms with E-state index in [0.717, 1.165) is 12.8 Å². The lowest BCUT2D eigenvalue weighted by molar-refractivity contribution is -0.122. The molecule has 0 aromatic carbocycles. The van der Waals surface area contributed by atoms with Gasteiger partial charge in [-0.05, 0) is 12.8 Å². The van der Waals surface area contributed by atoms with Crippen molar-refractivity contribution in [3.63, 3.8) is 0 Å². The zero-order chi connectivity index (χ0) is 11.3. The first-order chi connectivity index (χ1) is 6.99. The lowest BCUT2D eigenvalue weighted by Crippen LogP contribution is -2.34. The molecule has 1 fully saturated rings. The molecule has 0 saturated heterocycles. The van der Waals surface area contributed by atoms with Crippen molar-refractivity contribution >= 4 is 15.7 Å². The van der Waals surface area contributed by atoms with Crippen LogP contribution in [0, 0.1) is 5.92 Å². The molecule has 15 heavy (non-hydrogen) atoms. The van der Waals surface area contributed by atoms with Crippen molar-refractivity contribution < 1.29 is 13.2 Å². The Bertz CT molecular complexity index is 309. The molecule has 0 radical (unpaired) electrons. The summed E-state index contributed by atoms with van der Waals surface area (Å²) in [5, 5.41) is 5.75. The van der Waals surface area contributed by atoms with Crippen LogP contribution in [0.1, 0.15) is 12.8 Å². The minimum atomic E-state index is -2.88. The fourth-order valence-corrected chi connectivity index (χ4v) is 1.66. The van der Waals surface area contributed by atoms with Crippen molar-refractivity contribution in [3.8, 4) is 0 Å². The van der Waals surface area contributed by atoms with E-state index >= 15 is 0 Å². The molecule has 1 amide bonds. The molecule has 0 bridgehead atoms. The van der Waals surface area contributed by atoms with Crippen LogP contribution in [-0.4, -0.2) is 46.0 Å². The number of carbonyl (C=O) groups is 1. The molecule has 88 valence electrons. The van der Waals surface area contributed by atoms with Gasteiger partial charge in [0.1, 0.15) is 9.84 Å². The molecule has 1 rings (SSSR count). The molecule has 0 aromatic heterocycles. The van der Waals surface area contributed by atoms with Gasteiger partial charge in [0.25, 0.3) is 0 Å². The third kappa shape index (κ3) is 6.46. The molecule has 0 heterocycles. The molecule has 0 unspecified atom stereocenters. The quantitative estimate of drug-likeness (QED) is 0.563. The summed E-state index contributed by atoms with van der Waals surface area (Å²) in [6.45, 7) is 1.63. The van der Waals surface area contributed by atoms with Crippen LogP contribution >= 0.6 is 0 Å². The predicted molar refractivity (Wildman–Crippen MR) is 58.3 cm³/mol. The fraction of sp³-hybridized carbons (Fsp3) is 0.889. The summed E-state index contributed by atoms with van der Waals surface area (Å²) < 4.78 is 21.5. The zero-order valence-electron chi connectivity index (χ0n) is 8.95. The topological polar surface area (TPSA) is 75.3 Å². The second-order valence-electron chi connectivity index (χ2n) is 3.95. The molecule has 0 aromatic rings. The van der Waals surface area contributed by atoms with Crippen molar-refractivity contribution in [2.24, 2.45) is 5.92 Å². The Morgan fingerprint density at radius 2 is 1.93 bits per heavy atom. The number of nitrogens with one attached hydrogen (secondary N) is 2. The van der Waals surface area contributed by atoms with Crippen molar-refractivity contribution in [2.45, 2.75) is 12.8 Å². The molecule has 0 atom stereocenters. The van der Waals surface area contributed by atoms with Crippen LogP contribution in [0.25, 0.3) is 0 Å². The van der Waals surface area contributed by atoms with Gasteiger partial charge in [0, 0.05) is 31.8 Å². The van der Waals surface area contributed by atoms with Crippen LogP contribution in [-0.2, 0) is 14.6 Å². The fourth-order valence-electron chi connectivity index (χ4n) is 1.15. The highest BCUT2D eigenvalue weighted by atomic mass is 32.2. The van der Waals surface area contributed by atoms with Crippen LogP contribution in [0.5, 0.6) is 0 Å². The average Bonchev–Trinajstić information content (AvgIpc) is 2.91. The Kier molecular flexibility index (Phi) is 4.53. The summed E-state index contributed by atoms with van der Waals surface area (Å²) in [5.41, 5.74) is 0. The van der Waals surface area contributed by atoms with Crippen LogP contribution in [0.3, 0.4) is 0 Å². The van der Waals surface area contributed by atoms with E-state index in [1.54, 1.807) is 0 Å². The molecular weight excluding hydrogens is 216 g/mol. The number of rotatable bonds is 7. The number of amides is 1. The predicted octanol–water partition coefficient (Wildman–Crippen LogP) is -0.853. The second kappa shape index (κ2) is 5.46. The SMILES string of the molecule is CS(=O)(=O)CCNCCNC(=O)C1CC1. The number of hydrogen-bond acceptors (Lipinski definition) is 4. The summed E-state index contributed by atoms with van der Waals surface area (Å²) in [4.78, 5) is 11.2. The van der Waals surface area contributed by atoms with Crippen LogP contribution in [0.2, 0.25) is 0 Å². The van der Waals surface area contributed by atoms with Gasteiger partial charge >= 0.3 is 0 Å². The van der Waals surface area contributed by atoms with Gasteiger partial charge in [-0.1, -0.05) is 0 Å². The zero-order valence-corrected chi connectivity index (χ0v) is 9.77. The van der Waals surface area contributed by atoms with Gasteiger partial charge in [-0.2, -0.15) is 0 Å². The maximum absolute atomic E-state index is 11.2. The lowest BCUT2D eigenvalue weighted by atomic mass is 10.4. The van der Waals surface area contributed by atoms with Crippen molar-refractivity contribution in [3.05, 3.63) is 0 Å². The standard InChI is InChI=1S/C9H18N2O3S/c1-15(13,14)7-6-10-4-5-11-9(12)8-2-3-8/h8,10H,2-7H2,1H3,(H,11,12). The molecule has 0 spiro atoms. The van der Waals surface area contributed by atoms with E-state index < -0.39 is 9.84 Å². The van der Waals surface area contributed by atoms with E-state index in [-0.39, 0.29) is 17.6 Å². The van der Waals surface area contributed by atoms with Crippen molar-refractivity contribution in [1.29, 1.82) is 0 Å². The average molecular weight is 234 g/mol. The molecule has 1 aliphatic rings. The third-order valence-corrected chi connectivity index (χ3v) is 3.14. The van der Waals surface area contributed by atoms with Gasteiger partial charge in [-0.3, -0.25) is 4.79 Å². The van der Waals surface area contributed by atoms with E-state index in [0.29, 0.717) is 19.6 Å². The summed E-state index contributed by atoms with van der Waals surface area (Å²) in [5.74, 6) is 0.504. The summed E-state index contributed by atoms with van der Waals surface area (Å²) in [6.07, 6.45) is 3.23. The first kappa shape index (κ1) is 12.4. The molecule has 1 aliphatic carbocycles. The van der Waals surface area contributed by atoms with Gasteiger partial charge in [-0.15, -0.1) is 0 Å². The normalized spacial score (nSPS) is 16.3. The summed E-state index contributed by atoms with van der Waals surface area (Å²) in [7, 11) is -2.88. The maximum Gasteiger partial charge on any atom is 0.223 e. The number of hydrogen-bond donors (Lipinski definition) is 2. The van der Waals surface area contributed by atoms with Gasteiger partial charge in [0.05, 0.1) is 5.75 Å². The van der Waals surface area contributed by atoms with Gasteiger partial charge in [0.15, 0.2) is 0 Å². The van der Waals surface area contributed by atoms with E-state index in [2.05, 4.69) is 10.6 Å². The Labute approximate surface area is 90.5 Å². The summed E-state index contributed by atoms with van der Waals surface area (Å²) in [6, 6.07) is 0. The minimum absolute atomic E-state index is 0.125. The molecule has 1 saturated carbocycles. The first-order valence-corrected chi connectivity index (χ1v) is 7.21. The maximum atomic E-state index is 11.2. The Balaban J connectivity index is 1.90. The Morgan fingerprint density at radius 1 is 1.27 bits per heavy atom. The monoisotopic (exact) mass is 234 g/mol. The van der Waals surface area contributed by atoms with Crippen molar-refractivity contribution in [2.75, 3.05) is 31.6 Å². The van der Waals surface area contributed by atoms with E-state index in [4.69, 9.17) is 0 Å². The first-order valence-electron chi connectivity index (χ1n) is 5.15. The molecule has 5 nitrogen and oxygen atoms in total. The molecule has 0 aliphatic heterocycles. The van der Waals surface area contributed by atoms with Crippen LogP contribution in [0.15, 0.2) is 0 Å². The Hall–Kier alpha value is -0.620. The van der Waals surface area contributed by atoms with Gasteiger partial charge < -0.3 is 10.6 Å². The van der Waals surface area contributed by atoms with Gasteiger partial charge in [0.2, 0.25) is 5.91 Å². The molecule has 6 heteroatoms. The highest BCUT2D eigenvalue weighted by molar-refractivity contribution is 7.90. The Morgan fingerprint density at radius 3 is 2.47 bits per heavy atom. The van der Waals surface area contributed by atoms with E-state index in [1.165, 1.54) is 6.26 Å². The van der Waals surface area contributed by atoms with Crippen molar-refractivity contribution in [1.82, 2.24) is 10.6 Å². The van der Waals surface area contributed by atoms with Crippen LogP contribution in [0.4, 0.5) is 0 Å². The molecular formula is C9H18N2O3S. The summed E-state index contributed by atoms with van der Waals surface area (Å²) >= 11 is 0. The number of sulfone groups is 1. The highest BCUT2D eigenvalue weighted by Crippen LogP contribution is 2.28. The second-order valence-corrected chi connectivity index (χ2v) is 6.20. The van der Waals surface area contributed by atoms with E-state index in [1.807, 2.05) is 0 Å². The number of carbonyl (C=O) groups excluding carboxylic acids is 1. The van der Waals surface area contributed by atoms with E-state index in [9.17, 15) is 13.2 Å². The highest BCUT2D eigenvalue weighted by Gasteiger charge is 2.28. The molecule has 2 N–H and O–H groups in total. The van der Waals surface area contributed by atoms with Crippen LogP contribution < -0.4 is 10.6 Å². The third-order valence-electron chi connectivity index (χ3n) is 2.20. The largest absolute Gasteiger partial charge is 0.355 e. The lowest BCUT2D eigenvalue weighted by Gasteiger charge is -2.05.